The van der Waals surface area contributed by atoms with Crippen LogP contribution >= 0.6 is 0 Å². The summed E-state index contributed by atoms with van der Waals surface area (Å²) in [4.78, 5) is 14.0. The van der Waals surface area contributed by atoms with Crippen molar-refractivity contribution in [1.82, 2.24) is 24.6 Å². The Bertz CT molecular complexity index is 640. The fourth-order valence-electron chi connectivity index (χ4n) is 3.82. The van der Waals surface area contributed by atoms with Crippen LogP contribution in [0.4, 0.5) is 5.82 Å². The molecular formula is C17H26N6. The highest BCUT2D eigenvalue weighted by Crippen LogP contribution is 2.25. The Balaban J connectivity index is 1.52. The van der Waals surface area contributed by atoms with Gasteiger partial charge in [0.15, 0.2) is 5.65 Å². The molecule has 2 aliphatic heterocycles. The summed E-state index contributed by atoms with van der Waals surface area (Å²) in [5.74, 6) is 1.07. The molecule has 2 saturated heterocycles. The second kappa shape index (κ2) is 6.83. The van der Waals surface area contributed by atoms with Gasteiger partial charge in [-0.2, -0.15) is 5.10 Å². The second-order valence-electron chi connectivity index (χ2n) is 6.75. The van der Waals surface area contributed by atoms with E-state index in [2.05, 4.69) is 29.5 Å². The third-order valence-corrected chi connectivity index (χ3v) is 5.14. The summed E-state index contributed by atoms with van der Waals surface area (Å²) in [6.07, 6.45) is 11.6. The molecule has 6 heteroatoms. The average molecular weight is 314 g/mol. The molecule has 2 aromatic rings. The number of likely N-dealkylation sites (tertiary alicyclic amines) is 1. The van der Waals surface area contributed by atoms with Crippen molar-refractivity contribution in [3.63, 3.8) is 0 Å². The second-order valence-corrected chi connectivity index (χ2v) is 6.75. The van der Waals surface area contributed by atoms with Gasteiger partial charge in [0, 0.05) is 19.6 Å². The van der Waals surface area contributed by atoms with Gasteiger partial charge in [-0.1, -0.05) is 6.42 Å². The highest BCUT2D eigenvalue weighted by molar-refractivity contribution is 5.86. The summed E-state index contributed by atoms with van der Waals surface area (Å²) >= 11 is 0. The largest absolute Gasteiger partial charge is 0.356 e. The van der Waals surface area contributed by atoms with Crippen molar-refractivity contribution < 1.29 is 0 Å². The van der Waals surface area contributed by atoms with Crippen LogP contribution in [0, 0.1) is 0 Å². The maximum absolute atomic E-state index is 4.60. The first-order valence-electron chi connectivity index (χ1n) is 9.06. The van der Waals surface area contributed by atoms with Crippen molar-refractivity contribution in [3.05, 3.63) is 12.5 Å². The number of hydrogen-bond donors (Lipinski definition) is 0. The van der Waals surface area contributed by atoms with Crippen LogP contribution in [0.5, 0.6) is 0 Å². The van der Waals surface area contributed by atoms with Gasteiger partial charge in [0.1, 0.15) is 12.1 Å². The van der Waals surface area contributed by atoms with Crippen LogP contribution in [0.1, 0.15) is 38.5 Å². The van der Waals surface area contributed by atoms with Gasteiger partial charge >= 0.3 is 0 Å². The molecule has 2 aliphatic rings. The van der Waals surface area contributed by atoms with Crippen molar-refractivity contribution in [2.45, 2.75) is 45.1 Å². The first-order valence-corrected chi connectivity index (χ1v) is 9.06. The zero-order valence-corrected chi connectivity index (χ0v) is 13.8. The smallest absolute Gasteiger partial charge is 0.163 e. The summed E-state index contributed by atoms with van der Waals surface area (Å²) in [5, 5.41) is 5.70. The standard InChI is InChI=1S/C17H26N6/c1-3-7-21(8-4-1)11-12-23-17-15(13-20-23)16(18-14-19-17)22-9-5-2-6-10-22/h13-14H,1-12H2. The minimum Gasteiger partial charge on any atom is -0.356 e. The van der Waals surface area contributed by atoms with E-state index in [4.69, 9.17) is 0 Å². The Kier molecular flexibility index (Phi) is 4.41. The van der Waals surface area contributed by atoms with E-state index in [1.165, 1.54) is 51.6 Å². The molecule has 4 heterocycles. The Morgan fingerprint density at radius 2 is 1.57 bits per heavy atom. The third kappa shape index (κ3) is 3.17. The fourth-order valence-corrected chi connectivity index (χ4v) is 3.82. The summed E-state index contributed by atoms with van der Waals surface area (Å²) < 4.78 is 2.05. The molecule has 0 spiro atoms. The van der Waals surface area contributed by atoms with E-state index in [1.54, 1.807) is 6.33 Å². The summed E-state index contributed by atoms with van der Waals surface area (Å²) in [7, 11) is 0. The first-order chi connectivity index (χ1) is 11.4. The summed E-state index contributed by atoms with van der Waals surface area (Å²) in [6, 6.07) is 0. The van der Waals surface area contributed by atoms with Gasteiger partial charge in [-0.15, -0.1) is 0 Å². The Morgan fingerprint density at radius 1 is 0.826 bits per heavy atom. The van der Waals surface area contributed by atoms with E-state index in [0.717, 1.165) is 43.0 Å². The van der Waals surface area contributed by atoms with Crippen molar-refractivity contribution >= 4 is 16.9 Å². The van der Waals surface area contributed by atoms with Crippen LogP contribution in [-0.2, 0) is 6.54 Å². The number of rotatable bonds is 4. The van der Waals surface area contributed by atoms with Gasteiger partial charge < -0.3 is 9.80 Å². The lowest BCUT2D eigenvalue weighted by Crippen LogP contribution is -2.32. The molecule has 124 valence electrons. The van der Waals surface area contributed by atoms with Crippen LogP contribution in [0.2, 0.25) is 0 Å². The van der Waals surface area contributed by atoms with E-state index in [-0.39, 0.29) is 0 Å². The van der Waals surface area contributed by atoms with Crippen LogP contribution in [0.3, 0.4) is 0 Å². The molecule has 4 rings (SSSR count). The van der Waals surface area contributed by atoms with Gasteiger partial charge in [-0.3, -0.25) is 0 Å². The van der Waals surface area contributed by atoms with E-state index in [1.807, 2.05) is 6.20 Å². The number of nitrogens with zero attached hydrogens (tertiary/aromatic N) is 6. The number of fused-ring (bicyclic) bond motifs is 1. The molecule has 23 heavy (non-hydrogen) atoms. The highest BCUT2D eigenvalue weighted by atomic mass is 15.3. The maximum Gasteiger partial charge on any atom is 0.163 e. The number of hydrogen-bond acceptors (Lipinski definition) is 5. The normalized spacial score (nSPS) is 20.3. The quantitative estimate of drug-likeness (QED) is 0.867. The molecule has 0 unspecified atom stereocenters. The predicted molar refractivity (Wildman–Crippen MR) is 91.7 cm³/mol. The molecule has 0 saturated carbocycles. The Labute approximate surface area is 137 Å². The van der Waals surface area contributed by atoms with Crippen LogP contribution in [0.15, 0.2) is 12.5 Å². The lowest BCUT2D eigenvalue weighted by atomic mass is 10.1. The molecule has 6 nitrogen and oxygen atoms in total. The monoisotopic (exact) mass is 314 g/mol. The van der Waals surface area contributed by atoms with Gasteiger partial charge in [0.05, 0.1) is 18.1 Å². The number of anilines is 1. The van der Waals surface area contributed by atoms with Gasteiger partial charge in [-0.05, 0) is 45.2 Å². The SMILES string of the molecule is c1nc(N2CCCCC2)c2cnn(CCN3CCCCC3)c2n1. The molecule has 2 aromatic heterocycles. The first kappa shape index (κ1) is 14.9. The van der Waals surface area contributed by atoms with Gasteiger partial charge in [0.25, 0.3) is 0 Å². The van der Waals surface area contributed by atoms with Crippen molar-refractivity contribution in [1.29, 1.82) is 0 Å². The molecule has 0 amide bonds. The molecule has 0 aromatic carbocycles. The fraction of sp³-hybridized carbons (Fsp3) is 0.706. The summed E-state index contributed by atoms with van der Waals surface area (Å²) in [6.45, 7) is 6.65. The van der Waals surface area contributed by atoms with Crippen molar-refractivity contribution in [3.8, 4) is 0 Å². The number of piperidine rings is 2. The summed E-state index contributed by atoms with van der Waals surface area (Å²) in [5.41, 5.74) is 0.984. The lowest BCUT2D eigenvalue weighted by Gasteiger charge is -2.28. The zero-order valence-electron chi connectivity index (χ0n) is 13.8. The minimum absolute atomic E-state index is 0.917. The van der Waals surface area contributed by atoms with Crippen molar-refractivity contribution in [2.24, 2.45) is 0 Å². The van der Waals surface area contributed by atoms with Gasteiger partial charge in [0.2, 0.25) is 0 Å². The Morgan fingerprint density at radius 3 is 2.35 bits per heavy atom. The van der Waals surface area contributed by atoms with Crippen LogP contribution < -0.4 is 4.90 Å². The van der Waals surface area contributed by atoms with Crippen LogP contribution in [-0.4, -0.2) is 57.4 Å². The van der Waals surface area contributed by atoms with E-state index < -0.39 is 0 Å². The lowest BCUT2D eigenvalue weighted by molar-refractivity contribution is 0.219. The molecule has 0 radical (unpaired) electrons. The number of aromatic nitrogens is 4. The molecule has 0 atom stereocenters. The molecular weight excluding hydrogens is 288 g/mol. The zero-order chi connectivity index (χ0) is 15.5. The third-order valence-electron chi connectivity index (χ3n) is 5.14. The van der Waals surface area contributed by atoms with E-state index in [0.29, 0.717) is 0 Å². The van der Waals surface area contributed by atoms with E-state index in [9.17, 15) is 0 Å². The minimum atomic E-state index is 0.917. The average Bonchev–Trinajstić information content (AvgIpc) is 3.05. The topological polar surface area (TPSA) is 50.1 Å². The highest BCUT2D eigenvalue weighted by Gasteiger charge is 2.18. The van der Waals surface area contributed by atoms with Crippen LogP contribution in [0.25, 0.3) is 11.0 Å². The van der Waals surface area contributed by atoms with E-state index >= 15 is 0 Å². The molecule has 2 fully saturated rings. The molecule has 0 bridgehead atoms. The van der Waals surface area contributed by atoms with Crippen molar-refractivity contribution in [2.75, 3.05) is 37.6 Å². The Hall–Kier alpha value is -1.69. The molecule has 0 N–H and O–H groups in total. The maximum atomic E-state index is 4.60. The molecule has 0 aliphatic carbocycles. The predicted octanol–water partition coefficient (Wildman–Crippen LogP) is 2.30. The van der Waals surface area contributed by atoms with Gasteiger partial charge in [-0.25, -0.2) is 14.6 Å².